The molecule has 1 amide bonds. The average Bonchev–Trinajstić information content (AvgIpc) is 3.14. The lowest BCUT2D eigenvalue weighted by atomic mass is 9.94. The van der Waals surface area contributed by atoms with Gasteiger partial charge < -0.3 is 19.3 Å². The summed E-state index contributed by atoms with van der Waals surface area (Å²) >= 11 is 0. The van der Waals surface area contributed by atoms with E-state index in [0.717, 1.165) is 0 Å². The van der Waals surface area contributed by atoms with E-state index < -0.39 is 17.7 Å². The van der Waals surface area contributed by atoms with Crippen LogP contribution in [0.5, 0.6) is 17.2 Å². The molecular formula is C27H25NO6. The molecular weight excluding hydrogens is 434 g/mol. The van der Waals surface area contributed by atoms with Gasteiger partial charge in [-0.05, 0) is 43.3 Å². The van der Waals surface area contributed by atoms with Gasteiger partial charge in [-0.15, -0.1) is 0 Å². The summed E-state index contributed by atoms with van der Waals surface area (Å²) in [7, 11) is 3.04. The minimum Gasteiger partial charge on any atom is -0.507 e. The smallest absolute Gasteiger partial charge is 0.300 e. The summed E-state index contributed by atoms with van der Waals surface area (Å²) in [5.41, 5.74) is 1.44. The van der Waals surface area contributed by atoms with Gasteiger partial charge in [0, 0.05) is 22.9 Å². The molecule has 34 heavy (non-hydrogen) atoms. The van der Waals surface area contributed by atoms with Crippen molar-refractivity contribution in [3.63, 3.8) is 0 Å². The number of nitrogens with zero attached hydrogens (tertiary/aromatic N) is 1. The molecule has 0 unspecified atom stereocenters. The number of amides is 1. The first-order valence-electron chi connectivity index (χ1n) is 10.8. The third-order valence-electron chi connectivity index (χ3n) is 5.65. The Kier molecular flexibility index (Phi) is 6.54. The Labute approximate surface area is 197 Å². The quantitative estimate of drug-likeness (QED) is 0.312. The van der Waals surface area contributed by atoms with E-state index in [-0.39, 0.29) is 11.3 Å². The van der Waals surface area contributed by atoms with Crippen molar-refractivity contribution in [1.82, 2.24) is 0 Å². The second-order valence-corrected chi connectivity index (χ2v) is 7.57. The van der Waals surface area contributed by atoms with Gasteiger partial charge in [-0.2, -0.15) is 0 Å². The second kappa shape index (κ2) is 9.70. The molecule has 0 aliphatic carbocycles. The second-order valence-electron chi connectivity index (χ2n) is 7.57. The van der Waals surface area contributed by atoms with Crippen LogP contribution in [0.15, 0.2) is 78.4 Å². The van der Waals surface area contributed by atoms with Crippen molar-refractivity contribution in [2.24, 2.45) is 0 Å². The summed E-state index contributed by atoms with van der Waals surface area (Å²) in [5, 5.41) is 11.2. The number of carbonyl (C=O) groups is 2. The molecule has 1 aliphatic rings. The van der Waals surface area contributed by atoms with Crippen molar-refractivity contribution in [3.8, 4) is 17.2 Å². The Morgan fingerprint density at radius 3 is 2.21 bits per heavy atom. The molecule has 1 N–H and O–H groups in total. The number of carbonyl (C=O) groups excluding carboxylic acids is 2. The fourth-order valence-corrected chi connectivity index (χ4v) is 4.06. The van der Waals surface area contributed by atoms with E-state index in [1.165, 1.54) is 19.1 Å². The molecule has 1 fully saturated rings. The van der Waals surface area contributed by atoms with E-state index in [1.807, 2.05) is 6.92 Å². The fraction of sp³-hybridized carbons (Fsp3) is 0.185. The molecule has 1 aliphatic heterocycles. The summed E-state index contributed by atoms with van der Waals surface area (Å²) in [6.07, 6.45) is 0. The lowest BCUT2D eigenvalue weighted by molar-refractivity contribution is -0.132. The van der Waals surface area contributed by atoms with E-state index in [9.17, 15) is 14.7 Å². The minimum absolute atomic E-state index is 0.0199. The zero-order valence-corrected chi connectivity index (χ0v) is 19.1. The number of methoxy groups -OCH3 is 2. The summed E-state index contributed by atoms with van der Waals surface area (Å²) in [6.45, 7) is 2.38. The van der Waals surface area contributed by atoms with E-state index in [4.69, 9.17) is 14.2 Å². The molecule has 0 radical (unpaired) electrons. The standard InChI is InChI=1S/C27H25NO6/c1-4-34-19-12-10-18(11-13-19)28-24(21-15-14-20(32-2)16-22(21)33-3)23(26(30)27(28)31)25(29)17-8-6-5-7-9-17/h5-16,24,29H,4H2,1-3H3/t24-/m1/s1. The number of aliphatic hydroxyl groups excluding tert-OH is 1. The highest BCUT2D eigenvalue weighted by molar-refractivity contribution is 6.51. The van der Waals surface area contributed by atoms with Crippen molar-refractivity contribution in [3.05, 3.63) is 89.5 Å². The zero-order chi connectivity index (χ0) is 24.2. The van der Waals surface area contributed by atoms with Crippen molar-refractivity contribution >= 4 is 23.1 Å². The van der Waals surface area contributed by atoms with Gasteiger partial charge in [0.2, 0.25) is 0 Å². The normalized spacial score (nSPS) is 17.0. The SMILES string of the molecule is CCOc1ccc(N2C(=O)C(=O)C(=C(O)c3ccccc3)[C@H]2c2ccc(OC)cc2OC)cc1. The van der Waals surface area contributed by atoms with Crippen LogP contribution in [0.25, 0.3) is 5.76 Å². The van der Waals surface area contributed by atoms with Gasteiger partial charge in [0.05, 0.1) is 32.4 Å². The van der Waals surface area contributed by atoms with Crippen LogP contribution in [-0.4, -0.2) is 37.6 Å². The van der Waals surface area contributed by atoms with Crippen LogP contribution in [0.3, 0.4) is 0 Å². The number of Topliss-reactive ketones (excluding diaryl/α,β-unsaturated/α-hetero) is 1. The molecule has 1 saturated heterocycles. The number of ketones is 1. The average molecular weight is 459 g/mol. The Bertz CT molecular complexity index is 1230. The number of ether oxygens (including phenoxy) is 3. The fourth-order valence-electron chi connectivity index (χ4n) is 4.06. The summed E-state index contributed by atoms with van der Waals surface area (Å²) < 4.78 is 16.4. The van der Waals surface area contributed by atoms with Gasteiger partial charge in [0.15, 0.2) is 0 Å². The molecule has 0 aromatic heterocycles. The third kappa shape index (κ3) is 4.08. The van der Waals surface area contributed by atoms with Gasteiger partial charge in [0.25, 0.3) is 11.7 Å². The summed E-state index contributed by atoms with van der Waals surface area (Å²) in [6, 6.07) is 19.8. The van der Waals surface area contributed by atoms with E-state index in [1.54, 1.807) is 72.8 Å². The monoisotopic (exact) mass is 459 g/mol. The molecule has 7 heteroatoms. The van der Waals surface area contributed by atoms with Crippen molar-refractivity contribution in [2.75, 3.05) is 25.7 Å². The molecule has 3 aromatic rings. The van der Waals surface area contributed by atoms with Crippen LogP contribution >= 0.6 is 0 Å². The van der Waals surface area contributed by atoms with E-state index in [0.29, 0.717) is 40.7 Å². The molecule has 1 atom stereocenters. The van der Waals surface area contributed by atoms with Gasteiger partial charge in [-0.1, -0.05) is 30.3 Å². The van der Waals surface area contributed by atoms with Crippen LogP contribution in [0.4, 0.5) is 5.69 Å². The van der Waals surface area contributed by atoms with Crippen molar-refractivity contribution in [2.45, 2.75) is 13.0 Å². The van der Waals surface area contributed by atoms with Crippen molar-refractivity contribution in [1.29, 1.82) is 0 Å². The molecule has 0 bridgehead atoms. The summed E-state index contributed by atoms with van der Waals surface area (Å²) in [4.78, 5) is 28.0. The number of hydrogen-bond donors (Lipinski definition) is 1. The van der Waals surface area contributed by atoms with E-state index in [2.05, 4.69) is 0 Å². The first-order chi connectivity index (χ1) is 16.5. The Morgan fingerprint density at radius 2 is 1.59 bits per heavy atom. The highest BCUT2D eigenvalue weighted by atomic mass is 16.5. The maximum Gasteiger partial charge on any atom is 0.300 e. The van der Waals surface area contributed by atoms with Crippen LogP contribution in [0.1, 0.15) is 24.1 Å². The Morgan fingerprint density at radius 1 is 0.912 bits per heavy atom. The van der Waals surface area contributed by atoms with Crippen molar-refractivity contribution < 1.29 is 28.9 Å². The molecule has 0 spiro atoms. The largest absolute Gasteiger partial charge is 0.507 e. The molecule has 3 aromatic carbocycles. The third-order valence-corrected chi connectivity index (χ3v) is 5.65. The van der Waals surface area contributed by atoms with Crippen LogP contribution in [0, 0.1) is 0 Å². The maximum atomic E-state index is 13.3. The first-order valence-corrected chi connectivity index (χ1v) is 10.8. The number of benzene rings is 3. The highest BCUT2D eigenvalue weighted by Crippen LogP contribution is 2.45. The molecule has 4 rings (SSSR count). The lowest BCUT2D eigenvalue weighted by Crippen LogP contribution is -2.29. The number of hydrogen-bond acceptors (Lipinski definition) is 6. The van der Waals surface area contributed by atoms with Crippen LogP contribution in [-0.2, 0) is 9.59 Å². The zero-order valence-electron chi connectivity index (χ0n) is 19.1. The molecule has 1 heterocycles. The maximum absolute atomic E-state index is 13.3. The number of aliphatic hydroxyl groups is 1. The predicted octanol–water partition coefficient (Wildman–Crippen LogP) is 4.73. The highest BCUT2D eigenvalue weighted by Gasteiger charge is 2.48. The van der Waals surface area contributed by atoms with Crippen LogP contribution < -0.4 is 19.1 Å². The predicted molar refractivity (Wildman–Crippen MR) is 128 cm³/mol. The van der Waals surface area contributed by atoms with Gasteiger partial charge in [-0.3, -0.25) is 14.5 Å². The number of rotatable bonds is 7. The van der Waals surface area contributed by atoms with Gasteiger partial charge in [-0.25, -0.2) is 0 Å². The Hall–Kier alpha value is -4.26. The first kappa shape index (κ1) is 22.9. The molecule has 0 saturated carbocycles. The lowest BCUT2D eigenvalue weighted by Gasteiger charge is -2.27. The molecule has 7 nitrogen and oxygen atoms in total. The number of anilines is 1. The van der Waals surface area contributed by atoms with Gasteiger partial charge >= 0.3 is 0 Å². The topological polar surface area (TPSA) is 85.3 Å². The Balaban J connectivity index is 1.94. The molecule has 174 valence electrons. The van der Waals surface area contributed by atoms with Gasteiger partial charge in [0.1, 0.15) is 23.0 Å². The van der Waals surface area contributed by atoms with Crippen LogP contribution in [0.2, 0.25) is 0 Å². The van der Waals surface area contributed by atoms with E-state index >= 15 is 0 Å². The minimum atomic E-state index is -0.918. The summed E-state index contributed by atoms with van der Waals surface area (Å²) in [5.74, 6) is -0.161.